The van der Waals surface area contributed by atoms with Crippen LogP contribution in [-0.2, 0) is 27.7 Å². The summed E-state index contributed by atoms with van der Waals surface area (Å²) in [5, 5.41) is 10.5. The Morgan fingerprint density at radius 2 is 1.90 bits per heavy atom. The van der Waals surface area contributed by atoms with Gasteiger partial charge in [0.15, 0.2) is 17.5 Å². The minimum Gasteiger partial charge on any atom is -0.497 e. The van der Waals surface area contributed by atoms with Crippen molar-refractivity contribution in [2.45, 2.75) is 69.6 Å². The Labute approximate surface area is 239 Å². The average Bonchev–Trinajstić information content (AvgIpc) is 3.72. The predicted molar refractivity (Wildman–Crippen MR) is 155 cm³/mol. The third kappa shape index (κ3) is 5.30. The molecule has 216 valence electrons. The Kier molecular flexibility index (Phi) is 6.80. The molecule has 1 aliphatic heterocycles. The molecule has 0 amide bonds. The molecule has 2 atom stereocenters. The van der Waals surface area contributed by atoms with Gasteiger partial charge < -0.3 is 14.5 Å². The first-order valence-electron chi connectivity index (χ1n) is 13.7. The zero-order chi connectivity index (χ0) is 28.9. The number of nitrogens with zero attached hydrogens (tertiary/aromatic N) is 3. The molecule has 9 nitrogen and oxygen atoms in total. The normalized spacial score (nSPS) is 19.9. The second kappa shape index (κ2) is 10.2. The van der Waals surface area contributed by atoms with Crippen molar-refractivity contribution in [3.8, 4) is 5.75 Å². The van der Waals surface area contributed by atoms with Gasteiger partial charge in [-0.25, -0.2) is 17.8 Å². The van der Waals surface area contributed by atoms with Crippen LogP contribution >= 0.6 is 0 Å². The van der Waals surface area contributed by atoms with E-state index in [9.17, 15) is 8.42 Å². The Morgan fingerprint density at radius 3 is 2.61 bits per heavy atom. The van der Waals surface area contributed by atoms with E-state index in [-0.39, 0.29) is 35.0 Å². The molecule has 2 aromatic heterocycles. The molecule has 11 heteroatoms. The summed E-state index contributed by atoms with van der Waals surface area (Å²) in [6.07, 6.45) is 4.59. The van der Waals surface area contributed by atoms with E-state index in [2.05, 4.69) is 36.3 Å². The fraction of sp³-hybridized carbons (Fsp3) is 0.400. The summed E-state index contributed by atoms with van der Waals surface area (Å²) >= 11 is 0. The van der Waals surface area contributed by atoms with Crippen molar-refractivity contribution in [1.29, 1.82) is 0 Å². The zero-order valence-electron chi connectivity index (χ0n) is 23.6. The number of aromatic nitrogens is 3. The summed E-state index contributed by atoms with van der Waals surface area (Å²) in [5.74, 6) is 1.46. The van der Waals surface area contributed by atoms with E-state index in [1.165, 1.54) is 4.31 Å². The van der Waals surface area contributed by atoms with Gasteiger partial charge in [-0.1, -0.05) is 32.9 Å². The lowest BCUT2D eigenvalue weighted by Crippen LogP contribution is -2.26. The molecule has 3 heterocycles. The van der Waals surface area contributed by atoms with Gasteiger partial charge in [-0.05, 0) is 49.1 Å². The third-order valence-electron chi connectivity index (χ3n) is 8.01. The highest BCUT2D eigenvalue weighted by Crippen LogP contribution is 2.44. The molecular formula is C30H34FN5O4S. The maximum absolute atomic E-state index is 15.6. The number of H-pyrrole nitrogens is 1. The van der Waals surface area contributed by atoms with Crippen LogP contribution in [0, 0.1) is 5.82 Å². The van der Waals surface area contributed by atoms with Gasteiger partial charge >= 0.3 is 0 Å². The lowest BCUT2D eigenvalue weighted by molar-refractivity contribution is 0.414. The van der Waals surface area contributed by atoms with Crippen LogP contribution in [0.15, 0.2) is 53.1 Å². The van der Waals surface area contributed by atoms with E-state index in [0.717, 1.165) is 42.1 Å². The lowest BCUT2D eigenvalue weighted by Gasteiger charge is -2.19. The van der Waals surface area contributed by atoms with Crippen molar-refractivity contribution in [3.63, 3.8) is 0 Å². The van der Waals surface area contributed by atoms with Crippen molar-refractivity contribution in [2.75, 3.05) is 16.7 Å². The number of benzene rings is 2. The highest BCUT2D eigenvalue weighted by atomic mass is 32.2. The molecule has 4 aromatic rings. The molecule has 2 N–H and O–H groups in total. The number of nitrogens with one attached hydrogen (secondary N) is 2. The van der Waals surface area contributed by atoms with Crippen LogP contribution in [0.25, 0.3) is 0 Å². The number of ether oxygens (including phenoxy) is 1. The maximum Gasteiger partial charge on any atom is 0.239 e. The second-order valence-electron chi connectivity index (χ2n) is 11.9. The molecule has 2 unspecified atom stereocenters. The lowest BCUT2D eigenvalue weighted by atomic mass is 9.93. The number of oxazole rings is 1. The molecule has 1 saturated carbocycles. The number of hydrogen-bond donors (Lipinski definition) is 2. The van der Waals surface area contributed by atoms with E-state index in [4.69, 9.17) is 14.1 Å². The summed E-state index contributed by atoms with van der Waals surface area (Å²) in [6.45, 7) is 6.47. The van der Waals surface area contributed by atoms with Crippen molar-refractivity contribution in [3.05, 3.63) is 83.0 Å². The van der Waals surface area contributed by atoms with Crippen LogP contribution in [0.2, 0.25) is 0 Å². The quantitative estimate of drug-likeness (QED) is 0.257. The second-order valence-corrected chi connectivity index (χ2v) is 13.8. The molecule has 2 aliphatic rings. The fourth-order valence-corrected chi connectivity index (χ4v) is 7.24. The highest BCUT2D eigenvalue weighted by molar-refractivity contribution is 7.92. The molecule has 1 aliphatic carbocycles. The largest absolute Gasteiger partial charge is 0.497 e. The number of aromatic amines is 1. The van der Waals surface area contributed by atoms with E-state index in [1.54, 1.807) is 49.8 Å². The van der Waals surface area contributed by atoms with Gasteiger partial charge in [0.25, 0.3) is 0 Å². The number of sulfonamides is 1. The van der Waals surface area contributed by atoms with E-state index >= 15 is 4.39 Å². The van der Waals surface area contributed by atoms with E-state index < -0.39 is 21.6 Å². The summed E-state index contributed by atoms with van der Waals surface area (Å²) in [5.41, 5.74) is 3.32. The average molecular weight is 580 g/mol. The molecule has 41 heavy (non-hydrogen) atoms. The number of methoxy groups -OCH3 is 1. The van der Waals surface area contributed by atoms with E-state index in [0.29, 0.717) is 17.3 Å². The summed E-state index contributed by atoms with van der Waals surface area (Å²) < 4.78 is 53.8. The first kappa shape index (κ1) is 27.3. The van der Waals surface area contributed by atoms with Gasteiger partial charge in [0.1, 0.15) is 12.0 Å². The monoisotopic (exact) mass is 579 g/mol. The Bertz CT molecular complexity index is 1670. The van der Waals surface area contributed by atoms with Crippen LogP contribution in [-0.4, -0.2) is 30.7 Å². The SMILES string of the molecule is COc1ccc(CN2c3ccc(Nc4cc(C5CCC(c6nc(C(C)(C)C)co6)C5)[nH]n4)c(F)c3CS2(=O)=O)cc1. The number of halogens is 1. The summed E-state index contributed by atoms with van der Waals surface area (Å²) in [4.78, 5) is 4.74. The molecule has 0 radical (unpaired) electrons. The standard InChI is InChI=1S/C30H34FN5O4S/c1-30(2,3)26-16-40-29(33-26)20-8-7-19(13-20)24-14-27(35-34-24)32-23-11-12-25-22(28(23)31)17-41(37,38)36(25)15-18-5-9-21(39-4)10-6-18/h5-6,9-12,14,16,19-20H,7-8,13,15,17H2,1-4H3,(H2,32,34,35). The fourth-order valence-electron chi connectivity index (χ4n) is 5.62. The van der Waals surface area contributed by atoms with Gasteiger partial charge in [-0.3, -0.25) is 9.40 Å². The third-order valence-corrected chi connectivity index (χ3v) is 9.66. The van der Waals surface area contributed by atoms with Crippen molar-refractivity contribution < 1.29 is 22.0 Å². The maximum atomic E-state index is 15.6. The van der Waals surface area contributed by atoms with E-state index in [1.807, 2.05) is 6.07 Å². The molecule has 2 aromatic carbocycles. The molecule has 6 rings (SSSR count). The highest BCUT2D eigenvalue weighted by Gasteiger charge is 2.36. The first-order valence-corrected chi connectivity index (χ1v) is 15.4. The molecule has 0 spiro atoms. The van der Waals surface area contributed by atoms with Gasteiger partial charge in [-0.15, -0.1) is 0 Å². The zero-order valence-corrected chi connectivity index (χ0v) is 24.4. The van der Waals surface area contributed by atoms with Crippen LogP contribution in [0.5, 0.6) is 5.75 Å². The Hall–Kier alpha value is -3.86. The first-order chi connectivity index (χ1) is 19.5. The number of anilines is 3. The molecular weight excluding hydrogens is 545 g/mol. The molecule has 0 bridgehead atoms. The van der Waals surface area contributed by atoms with Crippen LogP contribution in [0.3, 0.4) is 0 Å². The predicted octanol–water partition coefficient (Wildman–Crippen LogP) is 6.49. The Morgan fingerprint density at radius 1 is 1.15 bits per heavy atom. The van der Waals surface area contributed by atoms with Crippen LogP contribution < -0.4 is 14.4 Å². The number of hydrogen-bond acceptors (Lipinski definition) is 7. The summed E-state index contributed by atoms with van der Waals surface area (Å²) in [6, 6.07) is 12.2. The van der Waals surface area contributed by atoms with Gasteiger partial charge in [-0.2, -0.15) is 5.10 Å². The topological polar surface area (TPSA) is 113 Å². The van der Waals surface area contributed by atoms with Crippen molar-refractivity contribution in [1.82, 2.24) is 15.2 Å². The summed E-state index contributed by atoms with van der Waals surface area (Å²) in [7, 11) is -2.14. The van der Waals surface area contributed by atoms with Crippen LogP contribution in [0.1, 0.15) is 80.3 Å². The van der Waals surface area contributed by atoms with Crippen molar-refractivity contribution in [2.24, 2.45) is 0 Å². The molecule has 0 saturated heterocycles. The van der Waals surface area contributed by atoms with Gasteiger partial charge in [0, 0.05) is 34.6 Å². The van der Waals surface area contributed by atoms with Crippen LogP contribution in [0.4, 0.5) is 21.6 Å². The van der Waals surface area contributed by atoms with Crippen molar-refractivity contribution >= 4 is 27.2 Å². The number of fused-ring (bicyclic) bond motifs is 1. The van der Waals surface area contributed by atoms with Gasteiger partial charge in [0.2, 0.25) is 10.0 Å². The minimum absolute atomic E-state index is 0.0600. The number of rotatable bonds is 7. The minimum atomic E-state index is -3.71. The smallest absolute Gasteiger partial charge is 0.239 e. The Balaban J connectivity index is 1.15. The molecule has 1 fully saturated rings. The van der Waals surface area contributed by atoms with Gasteiger partial charge in [0.05, 0.1) is 36.5 Å².